The average molecular weight is 1090 g/mol. The number of amides is 2. The van der Waals surface area contributed by atoms with Crippen LogP contribution in [0, 0.1) is 0 Å². The monoisotopic (exact) mass is 1080 g/mol. The molecule has 0 aliphatic rings. The Bertz CT molecular complexity index is 2850. The predicted molar refractivity (Wildman–Crippen MR) is 248 cm³/mol. The van der Waals surface area contributed by atoms with E-state index < -0.39 is 26.0 Å². The van der Waals surface area contributed by atoms with Crippen molar-refractivity contribution < 1.29 is 26.4 Å². The molecule has 0 fully saturated rings. The summed E-state index contributed by atoms with van der Waals surface area (Å²) in [6.45, 7) is 0. The van der Waals surface area contributed by atoms with Crippen LogP contribution < -0.4 is 18.7 Å². The van der Waals surface area contributed by atoms with Gasteiger partial charge in [0.2, 0.25) is 10.0 Å². The number of hydrogen-bond donors (Lipinski definition) is 3. The number of carbonyl (C=O) groups is 2. The van der Waals surface area contributed by atoms with Crippen molar-refractivity contribution in [2.24, 2.45) is 0 Å². The van der Waals surface area contributed by atoms with Crippen molar-refractivity contribution in [3.05, 3.63) is 188 Å². The smallest absolute Gasteiger partial charge is 0.270 e. The van der Waals surface area contributed by atoms with E-state index >= 15 is 0 Å². The lowest BCUT2D eigenvalue weighted by atomic mass is 10.1. The average Bonchev–Trinajstić information content (AvgIpc) is 3.22. The van der Waals surface area contributed by atoms with Gasteiger partial charge in [0.15, 0.2) is 0 Å². The molecule has 11 nitrogen and oxygen atoms in total. The van der Waals surface area contributed by atoms with Crippen molar-refractivity contribution in [3.63, 3.8) is 0 Å². The first kappa shape index (κ1) is 43.7. The summed E-state index contributed by atoms with van der Waals surface area (Å²) >= 11 is 13.3. The van der Waals surface area contributed by atoms with Crippen LogP contribution in [0.25, 0.3) is 10.8 Å². The quantitative estimate of drug-likeness (QED) is 0.109. The van der Waals surface area contributed by atoms with Gasteiger partial charge in [0.25, 0.3) is 21.8 Å². The van der Waals surface area contributed by atoms with Crippen LogP contribution in [-0.2, 0) is 25.8 Å². The zero-order chi connectivity index (χ0) is 42.2. The van der Waals surface area contributed by atoms with Crippen molar-refractivity contribution >= 4 is 129 Å². The highest BCUT2D eigenvalue weighted by Crippen LogP contribution is 2.32. The van der Waals surface area contributed by atoms with Gasteiger partial charge >= 0.3 is 0 Å². The fourth-order valence-corrected chi connectivity index (χ4v) is 9.69. The molecule has 0 bridgehead atoms. The molecule has 1 heterocycles. The maximum absolute atomic E-state index is 13.2. The standard InChI is InChI=1S/C22H15Br2N3O3S.C20H16Br2N2O3S/c23-15-7-9-16(10-8-15)26-22(28)17-4-2-5-19(24)21(17)27-31(29,30)20-6-1-3-14-11-12-25-13-18(14)20;21-16-10-12-17(13-11-16)24(22)20(25)18-8-4-5-9-19(18)23-28(26,27)14-15-6-2-1-3-7-15/h1-13,27H,(H,26,28);1-13,23H,14H2. The zero-order valence-corrected chi connectivity index (χ0v) is 38.4. The Labute approximate surface area is 375 Å². The van der Waals surface area contributed by atoms with Gasteiger partial charge in [-0.25, -0.2) is 20.8 Å². The van der Waals surface area contributed by atoms with Crippen LogP contribution in [0.3, 0.4) is 0 Å². The van der Waals surface area contributed by atoms with Gasteiger partial charge < -0.3 is 5.32 Å². The highest BCUT2D eigenvalue weighted by atomic mass is 79.9. The number of carbonyl (C=O) groups excluding carboxylic acids is 2. The molecule has 300 valence electrons. The summed E-state index contributed by atoms with van der Waals surface area (Å²) in [5.41, 5.74) is 2.66. The Morgan fingerprint density at radius 2 is 1.27 bits per heavy atom. The maximum Gasteiger partial charge on any atom is 0.270 e. The number of rotatable bonds is 11. The van der Waals surface area contributed by atoms with Crippen LogP contribution in [0.1, 0.15) is 26.3 Å². The lowest BCUT2D eigenvalue weighted by Gasteiger charge is -2.18. The second-order valence-electron chi connectivity index (χ2n) is 12.5. The maximum atomic E-state index is 13.2. The first-order valence-corrected chi connectivity index (χ1v) is 23.5. The van der Waals surface area contributed by atoms with Gasteiger partial charge in [-0.1, -0.05) is 92.5 Å². The molecule has 2 amide bonds. The molecule has 3 N–H and O–H groups in total. The Kier molecular flexibility index (Phi) is 14.4. The summed E-state index contributed by atoms with van der Waals surface area (Å²) in [7, 11) is -7.69. The number of aromatic nitrogens is 1. The molecule has 0 aliphatic heterocycles. The number of sulfonamides is 2. The van der Waals surface area contributed by atoms with Gasteiger partial charge in [-0.05, 0) is 112 Å². The van der Waals surface area contributed by atoms with Gasteiger partial charge in [0.1, 0.15) is 0 Å². The fourth-order valence-electron chi connectivity index (χ4n) is 5.61. The summed E-state index contributed by atoms with van der Waals surface area (Å²) in [5.74, 6) is -1.01. The van der Waals surface area contributed by atoms with E-state index in [1.54, 1.807) is 121 Å². The normalized spacial score (nSPS) is 11.2. The topological polar surface area (TPSA) is 155 Å². The molecule has 0 spiro atoms. The Morgan fingerprint density at radius 3 is 1.98 bits per heavy atom. The van der Waals surface area contributed by atoms with E-state index in [0.717, 1.165) is 14.3 Å². The number of pyridine rings is 1. The van der Waals surface area contributed by atoms with Crippen molar-refractivity contribution in [2.75, 3.05) is 18.7 Å². The van der Waals surface area contributed by atoms with E-state index in [-0.39, 0.29) is 39.1 Å². The van der Waals surface area contributed by atoms with Crippen LogP contribution in [0.4, 0.5) is 22.7 Å². The molecular weight excluding hydrogens is 1050 g/mol. The Morgan fingerprint density at radius 1 is 0.644 bits per heavy atom. The van der Waals surface area contributed by atoms with Crippen molar-refractivity contribution in [3.8, 4) is 0 Å². The molecule has 0 aliphatic carbocycles. The van der Waals surface area contributed by atoms with Crippen LogP contribution in [0.15, 0.2) is 176 Å². The number of nitrogens with zero attached hydrogens (tertiary/aromatic N) is 2. The van der Waals surface area contributed by atoms with Crippen molar-refractivity contribution in [1.29, 1.82) is 0 Å². The van der Waals surface area contributed by atoms with E-state index in [1.807, 2.05) is 24.3 Å². The minimum Gasteiger partial charge on any atom is -0.322 e. The van der Waals surface area contributed by atoms with Gasteiger partial charge in [0, 0.05) is 36.9 Å². The van der Waals surface area contributed by atoms with Gasteiger partial charge in [-0.3, -0.25) is 24.0 Å². The van der Waals surface area contributed by atoms with Crippen LogP contribution >= 0.6 is 63.9 Å². The Hall–Kier alpha value is -4.91. The third-order valence-electron chi connectivity index (χ3n) is 8.38. The van der Waals surface area contributed by atoms with E-state index in [0.29, 0.717) is 26.8 Å². The number of halogens is 4. The number of fused-ring (bicyclic) bond motifs is 1. The Balaban J connectivity index is 0.000000199. The SMILES string of the molecule is O=C(Nc1ccc(Br)cc1)c1cccc(Br)c1NS(=O)(=O)c1cccc2ccncc12.O=C(c1ccccc1NS(=O)(=O)Cc1ccccc1)N(Br)c1ccc(Br)cc1. The summed E-state index contributed by atoms with van der Waals surface area (Å²) < 4.78 is 60.2. The number of benzene rings is 6. The second-order valence-corrected chi connectivity index (χ2v) is 19.3. The highest BCUT2D eigenvalue weighted by Gasteiger charge is 2.24. The number of hydrogen-bond acceptors (Lipinski definition) is 7. The summed E-state index contributed by atoms with van der Waals surface area (Å²) in [6, 6.07) is 41.2. The summed E-state index contributed by atoms with van der Waals surface area (Å²) in [4.78, 5) is 30.0. The van der Waals surface area contributed by atoms with E-state index in [2.05, 4.69) is 83.7 Å². The molecule has 17 heteroatoms. The molecule has 7 aromatic rings. The molecule has 0 unspecified atom stereocenters. The zero-order valence-electron chi connectivity index (χ0n) is 30.4. The predicted octanol–water partition coefficient (Wildman–Crippen LogP) is 11.2. The minimum atomic E-state index is -4.00. The van der Waals surface area contributed by atoms with Gasteiger partial charge in [0.05, 0.1) is 55.0 Å². The third kappa shape index (κ3) is 11.4. The van der Waals surface area contributed by atoms with E-state index in [9.17, 15) is 26.4 Å². The number of nitrogens with one attached hydrogen (secondary N) is 3. The largest absolute Gasteiger partial charge is 0.322 e. The first-order valence-electron chi connectivity index (χ1n) is 17.3. The molecule has 0 saturated carbocycles. The fraction of sp³-hybridized carbons (Fsp3) is 0.0238. The lowest BCUT2D eigenvalue weighted by molar-refractivity contribution is 0.101. The number of anilines is 4. The molecule has 7 rings (SSSR count). The minimum absolute atomic E-state index is 0.0770. The van der Waals surface area contributed by atoms with Gasteiger partial charge in [-0.2, -0.15) is 0 Å². The molecule has 59 heavy (non-hydrogen) atoms. The first-order chi connectivity index (χ1) is 28.2. The highest BCUT2D eigenvalue weighted by molar-refractivity contribution is 9.11. The van der Waals surface area contributed by atoms with Gasteiger partial charge in [-0.15, -0.1) is 0 Å². The third-order valence-corrected chi connectivity index (χ3v) is 13.5. The van der Waals surface area contributed by atoms with E-state index in [4.69, 9.17) is 0 Å². The van der Waals surface area contributed by atoms with Crippen LogP contribution in [0.5, 0.6) is 0 Å². The summed E-state index contributed by atoms with van der Waals surface area (Å²) in [6.07, 6.45) is 3.11. The number of para-hydroxylation sites is 2. The molecule has 1 aromatic heterocycles. The van der Waals surface area contributed by atoms with Crippen molar-refractivity contribution in [2.45, 2.75) is 10.6 Å². The molecule has 0 radical (unpaired) electrons. The molecule has 6 aromatic carbocycles. The summed E-state index contributed by atoms with van der Waals surface area (Å²) in [5, 5.41) is 4.02. The van der Waals surface area contributed by atoms with E-state index in [1.165, 1.54) is 16.2 Å². The lowest BCUT2D eigenvalue weighted by Crippen LogP contribution is -2.23. The second kappa shape index (κ2) is 19.4. The van der Waals surface area contributed by atoms with Crippen molar-refractivity contribution in [1.82, 2.24) is 4.98 Å². The van der Waals surface area contributed by atoms with Crippen LogP contribution in [0.2, 0.25) is 0 Å². The molecule has 0 saturated heterocycles. The molecule has 0 atom stereocenters. The molecular formula is C42H31Br4N5O6S2. The van der Waals surface area contributed by atoms with Crippen LogP contribution in [-0.4, -0.2) is 33.6 Å².